The quantitative estimate of drug-likeness (QED) is 0.590. The number of phenolic OH excluding ortho intramolecular Hbond substituents is 1. The first-order valence-electron chi connectivity index (χ1n) is 9.78. The standard InChI is InChI=1S/C22H25BrN2O/c23-15-4-6-16(7-5-15)25-20-12-14-11-19-17-3-1-2-8-22(17,9-10-24-19)18(14)13-21(20)26/h4-7,12-13,17,19,24-26H,1-3,8-11H2/t17-,19+,22+/m0/s1. The van der Waals surface area contributed by atoms with Crippen LogP contribution >= 0.6 is 15.9 Å². The Hall–Kier alpha value is -1.52. The molecular formula is C22H25BrN2O. The van der Waals surface area contributed by atoms with Crippen molar-refractivity contribution in [2.24, 2.45) is 5.92 Å². The molecule has 0 spiro atoms. The van der Waals surface area contributed by atoms with E-state index in [2.05, 4.69) is 38.7 Å². The predicted octanol–water partition coefficient (Wildman–Crippen LogP) is 5.24. The van der Waals surface area contributed by atoms with Crippen LogP contribution in [-0.4, -0.2) is 17.7 Å². The lowest BCUT2D eigenvalue weighted by atomic mass is 9.53. The van der Waals surface area contributed by atoms with Gasteiger partial charge in [0, 0.05) is 21.6 Å². The molecule has 3 aliphatic rings. The summed E-state index contributed by atoms with van der Waals surface area (Å²) in [6.45, 7) is 1.11. The highest BCUT2D eigenvalue weighted by atomic mass is 79.9. The Balaban J connectivity index is 1.55. The maximum Gasteiger partial charge on any atom is 0.139 e. The first-order chi connectivity index (χ1) is 12.7. The molecular weight excluding hydrogens is 388 g/mol. The summed E-state index contributed by atoms with van der Waals surface area (Å²) in [5.74, 6) is 1.12. The summed E-state index contributed by atoms with van der Waals surface area (Å²) in [5, 5.41) is 18.0. The molecule has 2 fully saturated rings. The number of anilines is 2. The van der Waals surface area contributed by atoms with Crippen molar-refractivity contribution in [1.29, 1.82) is 0 Å². The van der Waals surface area contributed by atoms with Crippen molar-refractivity contribution in [2.45, 2.75) is 50.0 Å². The maximum absolute atomic E-state index is 10.8. The molecule has 1 saturated carbocycles. The first-order valence-corrected chi connectivity index (χ1v) is 10.6. The lowest BCUT2D eigenvalue weighted by molar-refractivity contribution is 0.0796. The Labute approximate surface area is 163 Å². The smallest absolute Gasteiger partial charge is 0.139 e. The number of halogens is 1. The van der Waals surface area contributed by atoms with Gasteiger partial charge in [0.1, 0.15) is 5.75 Å². The molecule has 3 nitrogen and oxygen atoms in total. The first kappa shape index (κ1) is 16.6. The molecule has 2 aliphatic carbocycles. The summed E-state index contributed by atoms with van der Waals surface area (Å²) in [7, 11) is 0. The molecule has 1 saturated heterocycles. The second kappa shape index (κ2) is 6.28. The second-order valence-electron chi connectivity index (χ2n) is 8.18. The normalized spacial score (nSPS) is 29.6. The van der Waals surface area contributed by atoms with Crippen molar-refractivity contribution in [2.75, 3.05) is 11.9 Å². The highest BCUT2D eigenvalue weighted by Crippen LogP contribution is 2.55. The minimum absolute atomic E-state index is 0.287. The number of phenols is 1. The van der Waals surface area contributed by atoms with Crippen molar-refractivity contribution in [3.05, 3.63) is 52.0 Å². The molecule has 136 valence electrons. The zero-order valence-electron chi connectivity index (χ0n) is 14.9. The van der Waals surface area contributed by atoms with E-state index in [9.17, 15) is 5.11 Å². The van der Waals surface area contributed by atoms with Crippen LogP contribution in [0.3, 0.4) is 0 Å². The zero-order valence-corrected chi connectivity index (χ0v) is 16.5. The zero-order chi connectivity index (χ0) is 17.7. The number of piperidine rings is 1. The summed E-state index contributed by atoms with van der Waals surface area (Å²) in [4.78, 5) is 0. The molecule has 0 amide bonds. The van der Waals surface area contributed by atoms with E-state index >= 15 is 0 Å². The number of rotatable bonds is 2. The van der Waals surface area contributed by atoms with Crippen molar-refractivity contribution >= 4 is 27.3 Å². The predicted molar refractivity (Wildman–Crippen MR) is 109 cm³/mol. The minimum Gasteiger partial charge on any atom is -0.506 e. The van der Waals surface area contributed by atoms with Gasteiger partial charge in [-0.3, -0.25) is 0 Å². The molecule has 0 aromatic heterocycles. The van der Waals surface area contributed by atoms with Crippen LogP contribution in [0.5, 0.6) is 5.75 Å². The SMILES string of the molecule is Oc1cc2c(cc1Nc1ccc(Br)cc1)C[C@H]1NCC[C@@]23CCCC[C@@H]13. The number of benzene rings is 2. The fourth-order valence-corrected chi connectivity index (χ4v) is 6.03. The topological polar surface area (TPSA) is 44.3 Å². The Morgan fingerprint density at radius 2 is 1.96 bits per heavy atom. The van der Waals surface area contributed by atoms with Gasteiger partial charge in [-0.1, -0.05) is 28.8 Å². The van der Waals surface area contributed by atoms with Crippen molar-refractivity contribution < 1.29 is 5.11 Å². The van der Waals surface area contributed by atoms with Gasteiger partial charge in [-0.25, -0.2) is 0 Å². The number of aromatic hydroxyl groups is 1. The molecule has 0 radical (unpaired) electrons. The van der Waals surface area contributed by atoms with E-state index in [1.165, 1.54) is 43.2 Å². The lowest BCUT2D eigenvalue weighted by Gasteiger charge is -2.56. The molecule has 3 N–H and O–H groups in total. The summed E-state index contributed by atoms with van der Waals surface area (Å²) in [6.07, 6.45) is 7.58. The van der Waals surface area contributed by atoms with Crippen LogP contribution in [0.15, 0.2) is 40.9 Å². The molecule has 3 atom stereocenters. The molecule has 1 aliphatic heterocycles. The van der Waals surface area contributed by atoms with Gasteiger partial charge in [-0.15, -0.1) is 0 Å². The van der Waals surface area contributed by atoms with E-state index in [1.54, 1.807) is 0 Å². The van der Waals surface area contributed by atoms with Crippen LogP contribution in [0.1, 0.15) is 43.2 Å². The van der Waals surface area contributed by atoms with Gasteiger partial charge in [0.2, 0.25) is 0 Å². The van der Waals surface area contributed by atoms with Crippen LogP contribution in [0.4, 0.5) is 11.4 Å². The summed E-state index contributed by atoms with van der Waals surface area (Å²) in [6, 6.07) is 12.9. The summed E-state index contributed by atoms with van der Waals surface area (Å²) < 4.78 is 1.05. The van der Waals surface area contributed by atoms with Crippen LogP contribution in [0.25, 0.3) is 0 Å². The number of hydrogen-bond donors (Lipinski definition) is 3. The number of hydrogen-bond acceptors (Lipinski definition) is 3. The van der Waals surface area contributed by atoms with Crippen LogP contribution < -0.4 is 10.6 Å². The fraction of sp³-hybridized carbons (Fsp3) is 0.455. The van der Waals surface area contributed by atoms with Crippen LogP contribution in [0, 0.1) is 5.92 Å². The van der Waals surface area contributed by atoms with Gasteiger partial charge >= 0.3 is 0 Å². The van der Waals surface area contributed by atoms with Gasteiger partial charge in [0.05, 0.1) is 5.69 Å². The minimum atomic E-state index is 0.287. The third kappa shape index (κ3) is 2.57. The maximum atomic E-state index is 10.8. The molecule has 0 unspecified atom stereocenters. The monoisotopic (exact) mass is 412 g/mol. The molecule has 26 heavy (non-hydrogen) atoms. The highest BCUT2D eigenvalue weighted by Gasteiger charge is 2.51. The Bertz CT molecular complexity index is 831. The number of fused-ring (bicyclic) bond motifs is 1. The van der Waals surface area contributed by atoms with E-state index in [1.807, 2.05) is 24.3 Å². The van der Waals surface area contributed by atoms with E-state index < -0.39 is 0 Å². The highest BCUT2D eigenvalue weighted by molar-refractivity contribution is 9.10. The van der Waals surface area contributed by atoms with Gasteiger partial charge in [-0.2, -0.15) is 0 Å². The molecule has 1 heterocycles. The third-order valence-electron chi connectivity index (χ3n) is 6.88. The van der Waals surface area contributed by atoms with E-state index in [0.717, 1.165) is 34.7 Å². The van der Waals surface area contributed by atoms with E-state index in [-0.39, 0.29) is 5.41 Å². The molecule has 2 aromatic carbocycles. The van der Waals surface area contributed by atoms with Gasteiger partial charge in [0.25, 0.3) is 0 Å². The molecule has 2 aromatic rings. The average Bonchev–Trinajstić information content (AvgIpc) is 2.65. The molecule has 5 rings (SSSR count). The van der Waals surface area contributed by atoms with Crippen LogP contribution in [-0.2, 0) is 11.8 Å². The third-order valence-corrected chi connectivity index (χ3v) is 7.41. The number of nitrogens with one attached hydrogen (secondary N) is 2. The molecule has 2 bridgehead atoms. The Kier molecular flexibility index (Phi) is 4.02. The average molecular weight is 413 g/mol. The Morgan fingerprint density at radius 3 is 2.81 bits per heavy atom. The van der Waals surface area contributed by atoms with Crippen molar-refractivity contribution in [3.63, 3.8) is 0 Å². The van der Waals surface area contributed by atoms with Gasteiger partial charge < -0.3 is 15.7 Å². The largest absolute Gasteiger partial charge is 0.506 e. The van der Waals surface area contributed by atoms with E-state index in [4.69, 9.17) is 0 Å². The Morgan fingerprint density at radius 1 is 1.12 bits per heavy atom. The van der Waals surface area contributed by atoms with Gasteiger partial charge in [0.15, 0.2) is 0 Å². The lowest BCUT2D eigenvalue weighted by Crippen LogP contribution is -2.59. The fourth-order valence-electron chi connectivity index (χ4n) is 5.76. The van der Waals surface area contributed by atoms with Gasteiger partial charge in [-0.05, 0) is 85.7 Å². The summed E-state index contributed by atoms with van der Waals surface area (Å²) in [5.41, 5.74) is 4.94. The van der Waals surface area contributed by atoms with Crippen LogP contribution in [0.2, 0.25) is 0 Å². The van der Waals surface area contributed by atoms with E-state index in [0.29, 0.717) is 11.8 Å². The second-order valence-corrected chi connectivity index (χ2v) is 9.10. The molecule has 4 heteroatoms. The van der Waals surface area contributed by atoms with Crippen molar-refractivity contribution in [3.8, 4) is 5.75 Å². The van der Waals surface area contributed by atoms with Crippen molar-refractivity contribution in [1.82, 2.24) is 5.32 Å². The summed E-state index contributed by atoms with van der Waals surface area (Å²) >= 11 is 3.47.